The molecule has 118 valence electrons. The second-order valence-corrected chi connectivity index (χ2v) is 7.43. The first-order valence-corrected chi connectivity index (χ1v) is 7.90. The molecular weight excluding hydrogens is 265 g/mol. The molecule has 1 aliphatic rings. The number of pyridine rings is 1. The topological polar surface area (TPSA) is 28.2 Å². The third kappa shape index (κ3) is 4.40. The molecule has 3 nitrogen and oxygen atoms in total. The molecule has 0 aliphatic carbocycles. The Morgan fingerprint density at radius 2 is 2.05 bits per heavy atom. The maximum absolute atomic E-state index is 13.6. The molecule has 21 heavy (non-hydrogen) atoms. The van der Waals surface area contributed by atoms with Gasteiger partial charge in [0.1, 0.15) is 11.6 Å². The minimum absolute atomic E-state index is 0.00723. The Labute approximate surface area is 127 Å². The van der Waals surface area contributed by atoms with Crippen LogP contribution < -0.4 is 10.2 Å². The van der Waals surface area contributed by atoms with E-state index in [9.17, 15) is 4.39 Å². The van der Waals surface area contributed by atoms with Crippen LogP contribution in [0.3, 0.4) is 0 Å². The van der Waals surface area contributed by atoms with Crippen LogP contribution in [0.25, 0.3) is 0 Å². The molecule has 1 N–H and O–H groups in total. The molecule has 0 spiro atoms. The fourth-order valence-corrected chi connectivity index (χ4v) is 2.70. The molecule has 0 amide bonds. The first kappa shape index (κ1) is 16.2. The maximum atomic E-state index is 13.6. The lowest BCUT2D eigenvalue weighted by Gasteiger charge is -2.37. The number of aromatic nitrogens is 1. The van der Waals surface area contributed by atoms with Crippen molar-refractivity contribution in [2.45, 2.75) is 53.1 Å². The van der Waals surface area contributed by atoms with Crippen LogP contribution in [-0.2, 0) is 6.54 Å². The van der Waals surface area contributed by atoms with Gasteiger partial charge in [0.2, 0.25) is 0 Å². The van der Waals surface area contributed by atoms with Gasteiger partial charge in [0.15, 0.2) is 0 Å². The lowest BCUT2D eigenvalue weighted by atomic mass is 9.88. The van der Waals surface area contributed by atoms with Gasteiger partial charge in [-0.1, -0.05) is 13.8 Å². The molecule has 4 heteroatoms. The molecule has 0 saturated carbocycles. The van der Waals surface area contributed by atoms with Gasteiger partial charge in [0.05, 0.1) is 6.20 Å². The minimum atomic E-state index is -0.261. The second-order valence-electron chi connectivity index (χ2n) is 7.43. The smallest absolute Gasteiger partial charge is 0.141 e. The van der Waals surface area contributed by atoms with Crippen molar-refractivity contribution in [3.05, 3.63) is 23.6 Å². The van der Waals surface area contributed by atoms with Crippen molar-refractivity contribution in [2.75, 3.05) is 18.0 Å². The molecule has 1 aromatic heterocycles. The lowest BCUT2D eigenvalue weighted by molar-refractivity contribution is 0.322. The van der Waals surface area contributed by atoms with E-state index in [1.807, 2.05) is 0 Å². The van der Waals surface area contributed by atoms with Crippen molar-refractivity contribution in [2.24, 2.45) is 11.8 Å². The number of rotatable bonds is 3. The van der Waals surface area contributed by atoms with Crippen LogP contribution in [-0.4, -0.2) is 23.6 Å². The van der Waals surface area contributed by atoms with E-state index < -0.39 is 0 Å². The summed E-state index contributed by atoms with van der Waals surface area (Å²) >= 11 is 0. The molecule has 2 atom stereocenters. The molecule has 0 radical (unpaired) electrons. The molecular formula is C17H28FN3. The highest BCUT2D eigenvalue weighted by molar-refractivity contribution is 5.47. The number of halogens is 1. The standard InChI is InChI=1S/C17H28FN3/c1-12-6-7-21(11-13(12)2)16-14(8-15(18)10-19-16)9-20-17(3,4)5/h8,10,12-13,20H,6-7,9,11H2,1-5H3. The Hall–Kier alpha value is -1.16. The van der Waals surface area contributed by atoms with Gasteiger partial charge in [0, 0.05) is 30.7 Å². The van der Waals surface area contributed by atoms with Crippen molar-refractivity contribution in [1.82, 2.24) is 10.3 Å². The minimum Gasteiger partial charge on any atom is -0.356 e. The molecule has 1 fully saturated rings. The molecule has 2 rings (SSSR count). The zero-order valence-corrected chi connectivity index (χ0v) is 13.9. The second kappa shape index (κ2) is 6.30. The number of nitrogens with zero attached hydrogens (tertiary/aromatic N) is 2. The zero-order valence-electron chi connectivity index (χ0n) is 13.9. The molecule has 0 bridgehead atoms. The summed E-state index contributed by atoms with van der Waals surface area (Å²) in [6.45, 7) is 13.6. The van der Waals surface area contributed by atoms with Crippen molar-refractivity contribution < 1.29 is 4.39 Å². The zero-order chi connectivity index (χ0) is 15.6. The van der Waals surface area contributed by atoms with Crippen molar-refractivity contribution in [3.8, 4) is 0 Å². The Morgan fingerprint density at radius 1 is 1.33 bits per heavy atom. The fraction of sp³-hybridized carbons (Fsp3) is 0.706. The molecule has 2 heterocycles. The van der Waals surface area contributed by atoms with E-state index in [1.54, 1.807) is 6.07 Å². The summed E-state index contributed by atoms with van der Waals surface area (Å²) in [5, 5.41) is 3.43. The van der Waals surface area contributed by atoms with Crippen LogP contribution >= 0.6 is 0 Å². The predicted octanol–water partition coefficient (Wildman–Crippen LogP) is 3.59. The summed E-state index contributed by atoms with van der Waals surface area (Å²) in [5.74, 6) is 2.07. The van der Waals surface area contributed by atoms with Gasteiger partial charge in [-0.25, -0.2) is 9.37 Å². The molecule has 1 aliphatic heterocycles. The Morgan fingerprint density at radius 3 is 2.67 bits per heavy atom. The fourth-order valence-electron chi connectivity index (χ4n) is 2.70. The largest absolute Gasteiger partial charge is 0.356 e. The van der Waals surface area contributed by atoms with E-state index in [2.05, 4.69) is 49.8 Å². The average molecular weight is 293 g/mol. The molecule has 1 saturated heterocycles. The number of hydrogen-bond donors (Lipinski definition) is 1. The summed E-state index contributed by atoms with van der Waals surface area (Å²) in [6, 6.07) is 1.61. The van der Waals surface area contributed by atoms with Crippen molar-refractivity contribution in [3.63, 3.8) is 0 Å². The SMILES string of the molecule is CC1CCN(c2ncc(F)cc2CNC(C)(C)C)CC1C. The maximum Gasteiger partial charge on any atom is 0.141 e. The van der Waals surface area contributed by atoms with Gasteiger partial charge in [-0.05, 0) is 45.1 Å². The third-order valence-electron chi connectivity index (χ3n) is 4.35. The van der Waals surface area contributed by atoms with Crippen molar-refractivity contribution in [1.29, 1.82) is 0 Å². The van der Waals surface area contributed by atoms with Gasteiger partial charge in [-0.2, -0.15) is 0 Å². The highest BCUT2D eigenvalue weighted by Crippen LogP contribution is 2.28. The molecule has 1 aromatic rings. The van der Waals surface area contributed by atoms with Crippen molar-refractivity contribution >= 4 is 5.82 Å². The number of hydrogen-bond acceptors (Lipinski definition) is 3. The quantitative estimate of drug-likeness (QED) is 0.923. The van der Waals surface area contributed by atoms with Gasteiger partial charge >= 0.3 is 0 Å². The summed E-state index contributed by atoms with van der Waals surface area (Å²) in [6.07, 6.45) is 2.50. The van der Waals surface area contributed by atoms with Gasteiger partial charge in [-0.15, -0.1) is 0 Å². The summed E-state index contributed by atoms with van der Waals surface area (Å²) in [5.41, 5.74) is 0.958. The average Bonchev–Trinajstić information content (AvgIpc) is 2.39. The van der Waals surface area contributed by atoms with Crippen LogP contribution in [0.15, 0.2) is 12.3 Å². The summed E-state index contributed by atoms with van der Waals surface area (Å²) in [7, 11) is 0. The van der Waals surface area contributed by atoms with E-state index in [-0.39, 0.29) is 11.4 Å². The van der Waals surface area contributed by atoms with E-state index >= 15 is 0 Å². The Bertz CT molecular complexity index is 481. The molecule has 0 aromatic carbocycles. The predicted molar refractivity (Wildman–Crippen MR) is 85.9 cm³/mol. The lowest BCUT2D eigenvalue weighted by Crippen LogP contribution is -2.40. The van der Waals surface area contributed by atoms with E-state index in [4.69, 9.17) is 0 Å². The van der Waals surface area contributed by atoms with E-state index in [0.717, 1.165) is 30.4 Å². The number of piperidine rings is 1. The number of anilines is 1. The Kier molecular flexibility index (Phi) is 4.87. The first-order chi connectivity index (χ1) is 9.76. The normalized spacial score (nSPS) is 23.4. The summed E-state index contributed by atoms with van der Waals surface area (Å²) in [4.78, 5) is 6.68. The van der Waals surface area contributed by atoms with Crippen LogP contribution in [0.5, 0.6) is 0 Å². The third-order valence-corrected chi connectivity index (χ3v) is 4.35. The van der Waals surface area contributed by atoms with Gasteiger partial charge in [0.25, 0.3) is 0 Å². The van der Waals surface area contributed by atoms with E-state index in [1.165, 1.54) is 12.6 Å². The highest BCUT2D eigenvalue weighted by Gasteiger charge is 2.25. The van der Waals surface area contributed by atoms with Gasteiger partial charge in [-0.3, -0.25) is 0 Å². The van der Waals surface area contributed by atoms with Crippen LogP contribution in [0.1, 0.15) is 46.6 Å². The van der Waals surface area contributed by atoms with Gasteiger partial charge < -0.3 is 10.2 Å². The summed E-state index contributed by atoms with van der Waals surface area (Å²) < 4.78 is 13.6. The Balaban J connectivity index is 2.18. The molecule has 2 unspecified atom stereocenters. The van der Waals surface area contributed by atoms with Crippen LogP contribution in [0.2, 0.25) is 0 Å². The van der Waals surface area contributed by atoms with E-state index in [0.29, 0.717) is 12.5 Å². The number of nitrogens with one attached hydrogen (secondary N) is 1. The monoisotopic (exact) mass is 293 g/mol. The highest BCUT2D eigenvalue weighted by atomic mass is 19.1. The first-order valence-electron chi connectivity index (χ1n) is 7.90. The van der Waals surface area contributed by atoms with Crippen LogP contribution in [0.4, 0.5) is 10.2 Å². The van der Waals surface area contributed by atoms with Crippen LogP contribution in [0, 0.1) is 17.7 Å².